The molecule has 0 unspecified atom stereocenters. The quantitative estimate of drug-likeness (QED) is 0.455. The van der Waals surface area contributed by atoms with Crippen LogP contribution in [0.4, 0.5) is 0 Å². The standard InChI is InChI=1S/C16H25NO9/c1-8(18)22-7-13-15(24-10(3)20)16(25-11(4)21)14(23-9(2)19)12(26-13)5-6-17/h12-16H,5-7,17H2,1-4H3/t12-,13+,14-,15-,16+/m0/s1. The molecule has 0 aromatic carbocycles. The minimum Gasteiger partial charge on any atom is -0.463 e. The molecule has 1 fully saturated rings. The van der Waals surface area contributed by atoms with Crippen LogP contribution in [0.2, 0.25) is 0 Å². The molecule has 1 saturated heterocycles. The van der Waals surface area contributed by atoms with E-state index in [0.717, 1.165) is 0 Å². The Kier molecular flexibility index (Phi) is 8.46. The normalized spacial score (nSPS) is 28.0. The molecule has 0 saturated carbocycles. The summed E-state index contributed by atoms with van der Waals surface area (Å²) in [5.41, 5.74) is 5.58. The third-order valence-electron chi connectivity index (χ3n) is 3.54. The van der Waals surface area contributed by atoms with Gasteiger partial charge < -0.3 is 29.4 Å². The first kappa shape index (κ1) is 21.8. The maximum Gasteiger partial charge on any atom is 0.303 e. The van der Waals surface area contributed by atoms with Gasteiger partial charge in [0.25, 0.3) is 0 Å². The second kappa shape index (κ2) is 10.1. The molecule has 0 aromatic rings. The number of nitrogens with two attached hydrogens (primary N) is 1. The van der Waals surface area contributed by atoms with Crippen molar-refractivity contribution < 1.29 is 42.9 Å². The highest BCUT2D eigenvalue weighted by molar-refractivity contribution is 5.68. The van der Waals surface area contributed by atoms with E-state index in [9.17, 15) is 19.2 Å². The molecule has 0 aromatic heterocycles. The lowest BCUT2D eigenvalue weighted by Crippen LogP contribution is -2.62. The van der Waals surface area contributed by atoms with Crippen LogP contribution >= 0.6 is 0 Å². The lowest BCUT2D eigenvalue weighted by molar-refractivity contribution is -0.252. The second-order valence-corrected chi connectivity index (χ2v) is 5.82. The zero-order chi connectivity index (χ0) is 19.9. The Balaban J connectivity index is 3.22. The van der Waals surface area contributed by atoms with Crippen LogP contribution in [-0.4, -0.2) is 67.5 Å². The van der Waals surface area contributed by atoms with Crippen LogP contribution in [0.1, 0.15) is 34.1 Å². The van der Waals surface area contributed by atoms with E-state index in [4.69, 9.17) is 29.4 Å². The van der Waals surface area contributed by atoms with Crippen molar-refractivity contribution in [3.05, 3.63) is 0 Å². The summed E-state index contributed by atoms with van der Waals surface area (Å²) in [5, 5.41) is 0. The van der Waals surface area contributed by atoms with Crippen LogP contribution in [0.25, 0.3) is 0 Å². The molecule has 10 nitrogen and oxygen atoms in total. The predicted octanol–water partition coefficient (Wildman–Crippen LogP) is -0.539. The van der Waals surface area contributed by atoms with Crippen LogP contribution in [-0.2, 0) is 42.9 Å². The molecule has 1 rings (SSSR count). The van der Waals surface area contributed by atoms with E-state index in [2.05, 4.69) is 0 Å². The Labute approximate surface area is 151 Å². The molecule has 0 aliphatic carbocycles. The number of hydrogen-bond acceptors (Lipinski definition) is 10. The van der Waals surface area contributed by atoms with Crippen molar-refractivity contribution in [1.82, 2.24) is 0 Å². The summed E-state index contributed by atoms with van der Waals surface area (Å²) in [7, 11) is 0. The molecule has 1 aliphatic heterocycles. The van der Waals surface area contributed by atoms with Crippen molar-refractivity contribution in [3.8, 4) is 0 Å². The third-order valence-corrected chi connectivity index (χ3v) is 3.54. The van der Waals surface area contributed by atoms with Crippen LogP contribution in [0.3, 0.4) is 0 Å². The summed E-state index contributed by atoms with van der Waals surface area (Å²) >= 11 is 0. The number of esters is 4. The molecule has 0 spiro atoms. The van der Waals surface area contributed by atoms with E-state index in [-0.39, 0.29) is 19.6 Å². The van der Waals surface area contributed by atoms with Gasteiger partial charge in [0.15, 0.2) is 18.3 Å². The topological polar surface area (TPSA) is 140 Å². The smallest absolute Gasteiger partial charge is 0.303 e. The lowest BCUT2D eigenvalue weighted by atomic mass is 9.92. The Morgan fingerprint density at radius 1 is 0.769 bits per heavy atom. The highest BCUT2D eigenvalue weighted by Gasteiger charge is 2.51. The van der Waals surface area contributed by atoms with Crippen molar-refractivity contribution >= 4 is 23.9 Å². The molecule has 1 heterocycles. The summed E-state index contributed by atoms with van der Waals surface area (Å²) in [6.45, 7) is 4.71. The van der Waals surface area contributed by atoms with Crippen LogP contribution in [0.15, 0.2) is 0 Å². The molecule has 5 atom stereocenters. The highest BCUT2D eigenvalue weighted by atomic mass is 16.7. The van der Waals surface area contributed by atoms with E-state index >= 15 is 0 Å². The number of carbonyl (C=O) groups excluding carboxylic acids is 4. The molecular weight excluding hydrogens is 350 g/mol. The van der Waals surface area contributed by atoms with Gasteiger partial charge in [0.05, 0.1) is 0 Å². The van der Waals surface area contributed by atoms with Crippen LogP contribution in [0, 0.1) is 0 Å². The van der Waals surface area contributed by atoms with Gasteiger partial charge in [-0.15, -0.1) is 0 Å². The first-order valence-electron chi connectivity index (χ1n) is 8.16. The van der Waals surface area contributed by atoms with E-state index in [1.165, 1.54) is 27.7 Å². The van der Waals surface area contributed by atoms with Gasteiger partial charge in [0, 0.05) is 27.7 Å². The maximum absolute atomic E-state index is 11.6. The summed E-state index contributed by atoms with van der Waals surface area (Å²) in [4.78, 5) is 45.7. The van der Waals surface area contributed by atoms with Crippen LogP contribution in [0.5, 0.6) is 0 Å². The van der Waals surface area contributed by atoms with E-state index < -0.39 is 54.4 Å². The van der Waals surface area contributed by atoms with E-state index in [0.29, 0.717) is 0 Å². The van der Waals surface area contributed by atoms with E-state index in [1.54, 1.807) is 0 Å². The Morgan fingerprint density at radius 2 is 1.23 bits per heavy atom. The molecule has 0 amide bonds. The zero-order valence-electron chi connectivity index (χ0n) is 15.3. The van der Waals surface area contributed by atoms with Gasteiger partial charge in [-0.2, -0.15) is 0 Å². The summed E-state index contributed by atoms with van der Waals surface area (Å²) in [6, 6.07) is 0. The van der Waals surface area contributed by atoms with Crippen molar-refractivity contribution in [2.24, 2.45) is 5.73 Å². The summed E-state index contributed by atoms with van der Waals surface area (Å²) in [5.74, 6) is -2.51. The lowest BCUT2D eigenvalue weighted by Gasteiger charge is -2.44. The largest absolute Gasteiger partial charge is 0.463 e. The van der Waals surface area contributed by atoms with E-state index in [1.807, 2.05) is 0 Å². The Hall–Kier alpha value is -2.20. The van der Waals surface area contributed by atoms with Crippen molar-refractivity contribution in [3.63, 3.8) is 0 Å². The summed E-state index contributed by atoms with van der Waals surface area (Å²) in [6.07, 6.45) is -4.67. The molecule has 26 heavy (non-hydrogen) atoms. The molecule has 10 heteroatoms. The van der Waals surface area contributed by atoms with Crippen molar-refractivity contribution in [2.45, 2.75) is 64.6 Å². The number of ether oxygens (including phenoxy) is 5. The Bertz CT molecular complexity index is 536. The second-order valence-electron chi connectivity index (χ2n) is 5.82. The first-order valence-corrected chi connectivity index (χ1v) is 8.16. The summed E-state index contributed by atoms with van der Waals surface area (Å²) < 4.78 is 26.5. The van der Waals surface area contributed by atoms with Gasteiger partial charge in [0.1, 0.15) is 18.8 Å². The fourth-order valence-corrected chi connectivity index (χ4v) is 2.71. The van der Waals surface area contributed by atoms with Gasteiger partial charge in [-0.1, -0.05) is 0 Å². The zero-order valence-corrected chi connectivity index (χ0v) is 15.3. The highest BCUT2D eigenvalue weighted by Crippen LogP contribution is 2.30. The molecule has 1 aliphatic rings. The van der Waals surface area contributed by atoms with Gasteiger partial charge in [-0.05, 0) is 13.0 Å². The van der Waals surface area contributed by atoms with Gasteiger partial charge in [0.2, 0.25) is 0 Å². The first-order chi connectivity index (χ1) is 12.1. The number of rotatable bonds is 7. The molecule has 2 N–H and O–H groups in total. The van der Waals surface area contributed by atoms with Gasteiger partial charge in [-0.3, -0.25) is 19.2 Å². The molecule has 0 radical (unpaired) electrons. The van der Waals surface area contributed by atoms with Gasteiger partial charge in [-0.25, -0.2) is 0 Å². The molecule has 148 valence electrons. The van der Waals surface area contributed by atoms with Crippen molar-refractivity contribution in [1.29, 1.82) is 0 Å². The molecular formula is C16H25NO9. The molecule has 0 bridgehead atoms. The minimum atomic E-state index is -1.13. The van der Waals surface area contributed by atoms with Crippen molar-refractivity contribution in [2.75, 3.05) is 13.2 Å². The third kappa shape index (κ3) is 6.60. The Morgan fingerprint density at radius 3 is 1.65 bits per heavy atom. The number of carbonyl (C=O) groups is 4. The monoisotopic (exact) mass is 375 g/mol. The SMILES string of the molecule is CC(=O)OC[C@H]1O[C@@H](CCN)[C@H](OC(C)=O)[C@@H](OC(C)=O)[C@H]1OC(C)=O. The fourth-order valence-electron chi connectivity index (χ4n) is 2.71. The minimum absolute atomic E-state index is 0.202. The predicted molar refractivity (Wildman–Crippen MR) is 85.6 cm³/mol. The fraction of sp³-hybridized carbons (Fsp3) is 0.750. The maximum atomic E-state index is 11.6. The number of hydrogen-bond donors (Lipinski definition) is 1. The van der Waals surface area contributed by atoms with Crippen LogP contribution < -0.4 is 5.73 Å². The average Bonchev–Trinajstić information content (AvgIpc) is 2.50. The van der Waals surface area contributed by atoms with Gasteiger partial charge >= 0.3 is 23.9 Å². The average molecular weight is 375 g/mol.